The number of carbonyl (C=O) groups is 1. The normalized spacial score (nSPS) is 9.42. The molecule has 0 spiro atoms. The van der Waals surface area contributed by atoms with Crippen LogP contribution in [0.15, 0.2) is 5.29 Å². The third-order valence-corrected chi connectivity index (χ3v) is 0.989. The Hall–Kier alpha value is -1.86. The fourth-order valence-corrected chi connectivity index (χ4v) is 0.556. The molecule has 0 saturated heterocycles. The molecule has 0 radical (unpaired) electrons. The average molecular weight is 171 g/mol. The molecule has 0 N–H and O–H groups in total. The second-order valence-electron chi connectivity index (χ2n) is 1.69. The summed E-state index contributed by atoms with van der Waals surface area (Å²) >= 11 is 0. The maximum Gasteiger partial charge on any atom is 0.380 e. The molecule has 64 valence electrons. The van der Waals surface area contributed by atoms with Crippen molar-refractivity contribution in [3.05, 3.63) is 10.7 Å². The van der Waals surface area contributed by atoms with Crippen molar-refractivity contribution in [2.24, 2.45) is 5.29 Å². The largest absolute Gasteiger partial charge is 0.460 e. The van der Waals surface area contributed by atoms with Gasteiger partial charge in [-0.15, -0.1) is 4.91 Å². The van der Waals surface area contributed by atoms with Crippen LogP contribution in [0.2, 0.25) is 0 Å². The summed E-state index contributed by atoms with van der Waals surface area (Å²) in [5.41, 5.74) is 0. The van der Waals surface area contributed by atoms with Crippen molar-refractivity contribution < 1.29 is 9.53 Å². The second kappa shape index (κ2) is 3.51. The van der Waals surface area contributed by atoms with Crippen molar-refractivity contribution in [2.75, 3.05) is 6.61 Å². The summed E-state index contributed by atoms with van der Waals surface area (Å²) in [6, 6.07) is 0. The van der Waals surface area contributed by atoms with E-state index >= 15 is 0 Å². The summed E-state index contributed by atoms with van der Waals surface area (Å²) in [5.74, 6) is -1.10. The van der Waals surface area contributed by atoms with E-state index in [2.05, 4.69) is 25.5 Å². The molecule has 8 nitrogen and oxygen atoms in total. The predicted molar refractivity (Wildman–Crippen MR) is 35.0 cm³/mol. The Labute approximate surface area is 66.4 Å². The number of rotatable bonds is 3. The van der Waals surface area contributed by atoms with Gasteiger partial charge in [-0.1, -0.05) is 9.89 Å². The van der Waals surface area contributed by atoms with Crippen LogP contribution in [-0.2, 0) is 4.74 Å². The monoisotopic (exact) mass is 171 g/mol. The summed E-state index contributed by atoms with van der Waals surface area (Å²) in [6.07, 6.45) is 0. The molecule has 1 heterocycles. The number of ether oxygens (including phenoxy) is 1. The molecule has 1 rings (SSSR count). The summed E-state index contributed by atoms with van der Waals surface area (Å²) in [4.78, 5) is 21.3. The Morgan fingerprint density at radius 3 is 3.08 bits per heavy atom. The Bertz CT molecular complexity index is 295. The van der Waals surface area contributed by atoms with Gasteiger partial charge in [0.25, 0.3) is 5.82 Å². The van der Waals surface area contributed by atoms with Gasteiger partial charge in [0.1, 0.15) is 0 Å². The first-order valence-corrected chi connectivity index (χ1v) is 3.08. The number of esters is 1. The van der Waals surface area contributed by atoms with Gasteiger partial charge in [0.2, 0.25) is 0 Å². The van der Waals surface area contributed by atoms with E-state index in [9.17, 15) is 9.70 Å². The molecule has 0 atom stereocenters. The Morgan fingerprint density at radius 1 is 1.75 bits per heavy atom. The molecule has 1 aromatic heterocycles. The molecule has 0 aliphatic carbocycles. The molecule has 0 aliphatic rings. The van der Waals surface area contributed by atoms with Crippen molar-refractivity contribution in [3.63, 3.8) is 0 Å². The predicted octanol–water partition coefficient (Wildman–Crippen LogP) is -0.621. The highest BCUT2D eigenvalue weighted by Gasteiger charge is 2.16. The van der Waals surface area contributed by atoms with Gasteiger partial charge in [0.15, 0.2) is 0 Å². The fraction of sp³-hybridized carbons (Fsp3) is 0.500. The van der Waals surface area contributed by atoms with Crippen molar-refractivity contribution in [2.45, 2.75) is 6.92 Å². The fourth-order valence-electron chi connectivity index (χ4n) is 0.556. The van der Waals surface area contributed by atoms with E-state index in [0.717, 1.165) is 0 Å². The molecule has 0 fully saturated rings. The summed E-state index contributed by atoms with van der Waals surface area (Å²) in [5, 5.41) is 11.8. The summed E-state index contributed by atoms with van der Waals surface area (Å²) in [7, 11) is 0. The number of carbonyl (C=O) groups excluding carboxylic acids is 1. The van der Waals surface area contributed by atoms with Gasteiger partial charge in [-0.2, -0.15) is 0 Å². The zero-order valence-electron chi connectivity index (χ0n) is 6.17. The number of aromatic nitrogens is 4. The lowest BCUT2D eigenvalue weighted by Crippen LogP contribution is -2.11. The smallest absolute Gasteiger partial charge is 0.380 e. The van der Waals surface area contributed by atoms with Gasteiger partial charge < -0.3 is 4.74 Å². The number of nitrogens with zero attached hydrogens (tertiary/aromatic N) is 5. The van der Waals surface area contributed by atoms with Crippen LogP contribution in [0, 0.1) is 4.91 Å². The standard InChI is InChI=1S/C4H5N5O3/c1-2-12-4(10)3-5-6-7-9(3)8-11/h2H2,1H3. The topological polar surface area (TPSA) is 99.3 Å². The van der Waals surface area contributed by atoms with Gasteiger partial charge in [-0.05, 0) is 17.4 Å². The van der Waals surface area contributed by atoms with Crippen molar-refractivity contribution in [1.82, 2.24) is 20.3 Å². The summed E-state index contributed by atoms with van der Waals surface area (Å²) < 4.78 is 4.53. The SMILES string of the molecule is CCOC(=O)c1nnnn1N=O. The highest BCUT2D eigenvalue weighted by molar-refractivity contribution is 5.84. The molecule has 0 amide bonds. The maximum atomic E-state index is 10.9. The highest BCUT2D eigenvalue weighted by atomic mass is 16.5. The van der Waals surface area contributed by atoms with Gasteiger partial charge in [0.05, 0.1) is 11.9 Å². The minimum Gasteiger partial charge on any atom is -0.460 e. The highest BCUT2D eigenvalue weighted by Crippen LogP contribution is 1.94. The zero-order valence-corrected chi connectivity index (χ0v) is 6.17. The lowest BCUT2D eigenvalue weighted by molar-refractivity contribution is 0.0505. The molecular weight excluding hydrogens is 166 g/mol. The molecule has 12 heavy (non-hydrogen) atoms. The quantitative estimate of drug-likeness (QED) is 0.443. The lowest BCUT2D eigenvalue weighted by Gasteiger charge is -1.95. The number of tetrazole rings is 1. The molecular formula is C4H5N5O3. The molecule has 0 saturated carbocycles. The van der Waals surface area contributed by atoms with E-state index in [-0.39, 0.29) is 12.4 Å². The van der Waals surface area contributed by atoms with Gasteiger partial charge in [-0.3, -0.25) is 0 Å². The minimum absolute atomic E-state index is 0.185. The first kappa shape index (κ1) is 8.24. The second-order valence-corrected chi connectivity index (χ2v) is 1.69. The van der Waals surface area contributed by atoms with Crippen LogP contribution in [0.5, 0.6) is 0 Å². The molecule has 1 aromatic rings. The van der Waals surface area contributed by atoms with Gasteiger partial charge in [-0.25, -0.2) is 4.79 Å². The van der Waals surface area contributed by atoms with E-state index < -0.39 is 5.97 Å². The van der Waals surface area contributed by atoms with Crippen LogP contribution in [0.1, 0.15) is 17.5 Å². The number of nitroso groups, excluding NO2 is 1. The van der Waals surface area contributed by atoms with Crippen molar-refractivity contribution >= 4 is 5.97 Å². The summed E-state index contributed by atoms with van der Waals surface area (Å²) in [6.45, 7) is 1.81. The zero-order chi connectivity index (χ0) is 8.97. The van der Waals surface area contributed by atoms with Crippen LogP contribution in [-0.4, -0.2) is 32.9 Å². The van der Waals surface area contributed by atoms with E-state index in [1.54, 1.807) is 6.92 Å². The van der Waals surface area contributed by atoms with Gasteiger partial charge in [0, 0.05) is 0 Å². The molecule has 8 heteroatoms. The van der Waals surface area contributed by atoms with Crippen LogP contribution in [0.25, 0.3) is 0 Å². The van der Waals surface area contributed by atoms with Crippen LogP contribution in [0.3, 0.4) is 0 Å². The minimum atomic E-state index is -0.776. The lowest BCUT2D eigenvalue weighted by atomic mass is 10.6. The van der Waals surface area contributed by atoms with Crippen LogP contribution >= 0.6 is 0 Å². The van der Waals surface area contributed by atoms with Crippen molar-refractivity contribution in [1.29, 1.82) is 0 Å². The first-order valence-electron chi connectivity index (χ1n) is 3.08. The first-order chi connectivity index (χ1) is 5.79. The molecule has 0 aromatic carbocycles. The maximum absolute atomic E-state index is 10.9. The van der Waals surface area contributed by atoms with Crippen molar-refractivity contribution in [3.8, 4) is 0 Å². The Morgan fingerprint density at radius 2 is 2.50 bits per heavy atom. The molecule has 0 aliphatic heterocycles. The van der Waals surface area contributed by atoms with E-state index in [1.165, 1.54) is 0 Å². The number of hydrogen-bond donors (Lipinski definition) is 0. The number of hydrogen-bond acceptors (Lipinski definition) is 7. The molecule has 0 unspecified atom stereocenters. The van der Waals surface area contributed by atoms with Gasteiger partial charge >= 0.3 is 5.97 Å². The molecule has 0 bridgehead atoms. The van der Waals surface area contributed by atoms with E-state index in [0.29, 0.717) is 4.79 Å². The third-order valence-electron chi connectivity index (χ3n) is 0.989. The Kier molecular flexibility index (Phi) is 2.41. The van der Waals surface area contributed by atoms with Crippen LogP contribution < -0.4 is 0 Å². The Balaban J connectivity index is 2.86. The van der Waals surface area contributed by atoms with Crippen LogP contribution in [0.4, 0.5) is 0 Å². The van der Waals surface area contributed by atoms with E-state index in [4.69, 9.17) is 0 Å². The third kappa shape index (κ3) is 1.41. The van der Waals surface area contributed by atoms with E-state index in [1.807, 2.05) is 0 Å². The average Bonchev–Trinajstić information content (AvgIpc) is 2.51.